The fourth-order valence-corrected chi connectivity index (χ4v) is 2.74. The van der Waals surface area contributed by atoms with Crippen molar-refractivity contribution in [1.82, 2.24) is 4.90 Å². The maximum absolute atomic E-state index is 13.6. The fourth-order valence-electron chi connectivity index (χ4n) is 2.61. The molecule has 2 aromatic rings. The first kappa shape index (κ1) is 15.8. The molecule has 23 heavy (non-hydrogen) atoms. The van der Waals surface area contributed by atoms with Gasteiger partial charge < -0.3 is 15.3 Å². The molecule has 0 radical (unpaired) electrons. The highest BCUT2D eigenvalue weighted by Crippen LogP contribution is 2.30. The summed E-state index contributed by atoms with van der Waals surface area (Å²) in [6.07, 6.45) is 0.0886. The molecule has 1 saturated heterocycles. The molecule has 2 amide bonds. The number of nitrogens with one attached hydrogen (secondary N) is 1. The highest BCUT2D eigenvalue weighted by molar-refractivity contribution is 6.30. The van der Waals surface area contributed by atoms with Gasteiger partial charge in [0.2, 0.25) is 0 Å². The van der Waals surface area contributed by atoms with E-state index in [1.807, 2.05) is 0 Å². The van der Waals surface area contributed by atoms with Gasteiger partial charge in [-0.3, -0.25) is 0 Å². The third-order valence-electron chi connectivity index (χ3n) is 3.83. The molecule has 1 heterocycles. The highest BCUT2D eigenvalue weighted by atomic mass is 35.5. The second-order valence-electron chi connectivity index (χ2n) is 5.52. The lowest BCUT2D eigenvalue weighted by Gasteiger charge is -2.18. The number of hydrogen-bond donors (Lipinski definition) is 2. The number of β-amino-alcohol motifs (C(OH)–C–C–N with tert-alkyl or cyclic N) is 1. The van der Waals surface area contributed by atoms with E-state index in [0.717, 1.165) is 5.56 Å². The molecular weight excluding hydrogens is 319 g/mol. The number of nitrogens with zero attached hydrogens (tertiary/aromatic N) is 1. The second kappa shape index (κ2) is 6.56. The summed E-state index contributed by atoms with van der Waals surface area (Å²) < 4.78 is 13.6. The van der Waals surface area contributed by atoms with Crippen LogP contribution in [0.5, 0.6) is 0 Å². The van der Waals surface area contributed by atoms with E-state index in [2.05, 4.69) is 5.32 Å². The van der Waals surface area contributed by atoms with Crippen LogP contribution in [0.2, 0.25) is 5.02 Å². The molecule has 4 nitrogen and oxygen atoms in total. The molecule has 1 aliphatic rings. The second-order valence-corrected chi connectivity index (χ2v) is 5.95. The highest BCUT2D eigenvalue weighted by Gasteiger charge is 2.25. The number of halogens is 2. The van der Waals surface area contributed by atoms with Gasteiger partial charge in [-0.2, -0.15) is 0 Å². The van der Waals surface area contributed by atoms with Gasteiger partial charge in [-0.25, -0.2) is 9.18 Å². The molecule has 0 aromatic heterocycles. The van der Waals surface area contributed by atoms with Crippen LogP contribution in [0.4, 0.5) is 14.9 Å². The molecule has 0 unspecified atom stereocenters. The van der Waals surface area contributed by atoms with E-state index in [4.69, 9.17) is 11.6 Å². The van der Waals surface area contributed by atoms with Gasteiger partial charge in [-0.05, 0) is 42.3 Å². The zero-order valence-electron chi connectivity index (χ0n) is 12.3. The van der Waals surface area contributed by atoms with Crippen LogP contribution in [0.1, 0.15) is 6.42 Å². The van der Waals surface area contributed by atoms with Crippen LogP contribution < -0.4 is 5.32 Å². The lowest BCUT2D eigenvalue weighted by molar-refractivity contribution is 0.176. The zero-order chi connectivity index (χ0) is 16.4. The van der Waals surface area contributed by atoms with Crippen LogP contribution in [-0.4, -0.2) is 35.2 Å². The summed E-state index contributed by atoms with van der Waals surface area (Å²) in [6, 6.07) is 10.9. The minimum Gasteiger partial charge on any atom is -0.391 e. The number of urea groups is 1. The average molecular weight is 335 g/mol. The molecule has 0 spiro atoms. The first-order valence-corrected chi connectivity index (χ1v) is 7.70. The Morgan fingerprint density at radius 2 is 2.00 bits per heavy atom. The number of anilines is 1. The van der Waals surface area contributed by atoms with Crippen LogP contribution in [0.3, 0.4) is 0 Å². The number of hydrogen-bond acceptors (Lipinski definition) is 2. The van der Waals surface area contributed by atoms with Gasteiger partial charge in [0.25, 0.3) is 0 Å². The Balaban J connectivity index is 1.87. The van der Waals surface area contributed by atoms with Crippen molar-refractivity contribution in [3.63, 3.8) is 0 Å². The van der Waals surface area contributed by atoms with Gasteiger partial charge in [0.05, 0.1) is 11.8 Å². The summed E-state index contributed by atoms with van der Waals surface area (Å²) in [5.74, 6) is -0.385. The Bertz CT molecular complexity index is 721. The van der Waals surface area contributed by atoms with Crippen molar-refractivity contribution in [2.24, 2.45) is 0 Å². The Kier molecular flexibility index (Phi) is 4.50. The minimum atomic E-state index is -0.482. The molecule has 0 aliphatic carbocycles. The maximum Gasteiger partial charge on any atom is 0.321 e. The van der Waals surface area contributed by atoms with Crippen LogP contribution >= 0.6 is 11.6 Å². The Labute approximate surface area is 138 Å². The fraction of sp³-hybridized carbons (Fsp3) is 0.235. The van der Waals surface area contributed by atoms with Gasteiger partial charge in [0.1, 0.15) is 5.82 Å². The van der Waals surface area contributed by atoms with Crippen molar-refractivity contribution in [2.45, 2.75) is 12.5 Å². The standard InChI is InChI=1S/C17H16ClFN2O2/c18-12-3-1-11(2-4-12)15-9-13(19)5-6-16(15)20-17(23)21-8-7-14(22)10-21/h1-6,9,14,22H,7-8,10H2,(H,20,23)/t14-/m1/s1. The summed E-state index contributed by atoms with van der Waals surface area (Å²) in [7, 11) is 0. The number of aliphatic hydroxyl groups is 1. The van der Waals surface area contributed by atoms with Crippen molar-refractivity contribution >= 4 is 23.3 Å². The van der Waals surface area contributed by atoms with E-state index in [1.165, 1.54) is 18.2 Å². The summed E-state index contributed by atoms with van der Waals surface area (Å²) >= 11 is 5.88. The summed E-state index contributed by atoms with van der Waals surface area (Å²) in [6.45, 7) is 0.813. The normalized spacial score (nSPS) is 17.3. The van der Waals surface area contributed by atoms with E-state index in [9.17, 15) is 14.3 Å². The van der Waals surface area contributed by atoms with E-state index in [1.54, 1.807) is 29.2 Å². The average Bonchev–Trinajstić information content (AvgIpc) is 2.96. The van der Waals surface area contributed by atoms with Crippen molar-refractivity contribution < 1.29 is 14.3 Å². The van der Waals surface area contributed by atoms with Crippen molar-refractivity contribution in [3.05, 3.63) is 53.3 Å². The van der Waals surface area contributed by atoms with Crippen LogP contribution in [0.15, 0.2) is 42.5 Å². The van der Waals surface area contributed by atoms with E-state index >= 15 is 0 Å². The molecule has 2 N–H and O–H groups in total. The molecular formula is C17H16ClFN2O2. The molecule has 3 rings (SSSR count). The number of likely N-dealkylation sites (tertiary alicyclic amines) is 1. The molecule has 0 bridgehead atoms. The SMILES string of the molecule is O=C(Nc1ccc(F)cc1-c1ccc(Cl)cc1)N1CC[C@@H](O)C1. The Morgan fingerprint density at radius 1 is 1.26 bits per heavy atom. The molecule has 2 aromatic carbocycles. The third kappa shape index (κ3) is 3.63. The van der Waals surface area contributed by atoms with Crippen LogP contribution in [0.25, 0.3) is 11.1 Å². The van der Waals surface area contributed by atoms with Crippen LogP contribution in [0, 0.1) is 5.82 Å². The summed E-state index contributed by atoms with van der Waals surface area (Å²) in [5.41, 5.74) is 1.85. The van der Waals surface area contributed by atoms with E-state index in [0.29, 0.717) is 35.8 Å². The van der Waals surface area contributed by atoms with Crippen LogP contribution in [-0.2, 0) is 0 Å². The molecule has 120 valence electrons. The first-order chi connectivity index (χ1) is 11.0. The number of carbonyl (C=O) groups is 1. The molecule has 1 aliphatic heterocycles. The predicted octanol–water partition coefficient (Wildman–Crippen LogP) is 3.74. The Morgan fingerprint density at radius 3 is 2.65 bits per heavy atom. The van der Waals surface area contributed by atoms with Gasteiger partial charge in [0, 0.05) is 23.7 Å². The monoisotopic (exact) mass is 334 g/mol. The summed E-state index contributed by atoms with van der Waals surface area (Å²) in [4.78, 5) is 13.8. The predicted molar refractivity (Wildman–Crippen MR) is 88.1 cm³/mol. The van der Waals surface area contributed by atoms with Gasteiger partial charge in [0.15, 0.2) is 0 Å². The topological polar surface area (TPSA) is 52.6 Å². The van der Waals surface area contributed by atoms with Gasteiger partial charge in [-0.1, -0.05) is 23.7 Å². The van der Waals surface area contributed by atoms with Gasteiger partial charge >= 0.3 is 6.03 Å². The number of amides is 2. The minimum absolute atomic E-state index is 0.302. The maximum atomic E-state index is 13.6. The molecule has 0 saturated carbocycles. The zero-order valence-corrected chi connectivity index (χ0v) is 13.1. The lowest BCUT2D eigenvalue weighted by Crippen LogP contribution is -2.33. The summed E-state index contributed by atoms with van der Waals surface area (Å²) in [5, 5.41) is 12.9. The number of rotatable bonds is 2. The Hall–Kier alpha value is -2.11. The van der Waals surface area contributed by atoms with Crippen molar-refractivity contribution in [3.8, 4) is 11.1 Å². The third-order valence-corrected chi connectivity index (χ3v) is 4.08. The van der Waals surface area contributed by atoms with Crippen molar-refractivity contribution in [1.29, 1.82) is 0 Å². The number of aliphatic hydroxyl groups excluding tert-OH is 1. The lowest BCUT2D eigenvalue weighted by atomic mass is 10.0. The van der Waals surface area contributed by atoms with Gasteiger partial charge in [-0.15, -0.1) is 0 Å². The van der Waals surface area contributed by atoms with Crippen molar-refractivity contribution in [2.75, 3.05) is 18.4 Å². The first-order valence-electron chi connectivity index (χ1n) is 7.32. The molecule has 6 heteroatoms. The molecule has 1 fully saturated rings. The van der Waals surface area contributed by atoms with E-state index in [-0.39, 0.29) is 11.8 Å². The number of carbonyl (C=O) groups excluding carboxylic acids is 1. The smallest absolute Gasteiger partial charge is 0.321 e. The number of benzene rings is 2. The quantitative estimate of drug-likeness (QED) is 0.879. The van der Waals surface area contributed by atoms with E-state index < -0.39 is 6.10 Å². The molecule has 1 atom stereocenters. The largest absolute Gasteiger partial charge is 0.391 e.